The monoisotopic (exact) mass is 602 g/mol. The molecule has 0 spiro atoms. The summed E-state index contributed by atoms with van der Waals surface area (Å²) in [7, 11) is 0.278. The number of unbranched alkanes of at least 4 members (excludes halogenated alkanes) is 2. The molecule has 0 aliphatic carbocycles. The van der Waals surface area contributed by atoms with Gasteiger partial charge in [-0.1, -0.05) is 65.5 Å². The van der Waals surface area contributed by atoms with E-state index in [0.717, 1.165) is 62.3 Å². The van der Waals surface area contributed by atoms with Gasteiger partial charge < -0.3 is 24.4 Å². The summed E-state index contributed by atoms with van der Waals surface area (Å²) in [6.07, 6.45) is 4.20. The molecule has 2 atom stereocenters. The minimum absolute atomic E-state index is 0.0263. The first-order valence-electron chi connectivity index (χ1n) is 15.9. The van der Waals surface area contributed by atoms with Crippen LogP contribution >= 0.6 is 0 Å². The van der Waals surface area contributed by atoms with Gasteiger partial charge in [-0.05, 0) is 67.4 Å². The van der Waals surface area contributed by atoms with Gasteiger partial charge in [0, 0.05) is 37.7 Å². The number of anilines is 1. The van der Waals surface area contributed by atoms with E-state index in [2.05, 4.69) is 32.6 Å². The van der Waals surface area contributed by atoms with Gasteiger partial charge in [-0.15, -0.1) is 0 Å². The molecule has 0 fully saturated rings. The van der Waals surface area contributed by atoms with Crippen LogP contribution in [0.5, 0.6) is 5.75 Å². The number of fused-ring (bicyclic) bond motifs is 1. The molecule has 1 N–H and O–H groups in total. The van der Waals surface area contributed by atoms with Gasteiger partial charge in [0.1, 0.15) is 12.4 Å². The van der Waals surface area contributed by atoms with Crippen molar-refractivity contribution >= 4 is 15.5 Å². The first-order valence-corrected chi connectivity index (χ1v) is 17.5. The largest absolute Gasteiger partial charge is 0.491 e. The zero-order valence-corrected chi connectivity index (χ0v) is 27.6. The first kappa shape index (κ1) is 34.4. The van der Waals surface area contributed by atoms with E-state index in [4.69, 9.17) is 9.47 Å². The fraction of sp³-hybridized carbons (Fsp3) is 0.647. The lowest BCUT2D eigenvalue weighted by Crippen LogP contribution is -2.43. The lowest BCUT2D eigenvalue weighted by atomic mass is 9.68. The number of sulfone groups is 1. The molecule has 2 aromatic carbocycles. The maximum Gasteiger partial charge on any atom is 0.179 e. The van der Waals surface area contributed by atoms with Crippen molar-refractivity contribution in [2.24, 2.45) is 5.41 Å². The molecule has 0 saturated carbocycles. The Morgan fingerprint density at radius 2 is 1.55 bits per heavy atom. The van der Waals surface area contributed by atoms with Crippen molar-refractivity contribution in [2.75, 3.05) is 64.2 Å². The van der Waals surface area contributed by atoms with Crippen LogP contribution in [-0.2, 0) is 14.6 Å². The summed E-state index contributed by atoms with van der Waals surface area (Å²) in [6, 6.07) is 13.4. The number of nitrogens with zero attached hydrogens (tertiary/aromatic N) is 2. The third-order valence-corrected chi connectivity index (χ3v) is 10.8. The smallest absolute Gasteiger partial charge is 0.179 e. The van der Waals surface area contributed by atoms with E-state index < -0.39 is 27.3 Å². The Balaban J connectivity index is 1.92. The molecule has 42 heavy (non-hydrogen) atoms. The molecule has 0 radical (unpaired) electrons. The summed E-state index contributed by atoms with van der Waals surface area (Å²) in [5.74, 6) is 0.234. The maximum atomic E-state index is 14.0. The third kappa shape index (κ3) is 8.49. The van der Waals surface area contributed by atoms with E-state index >= 15 is 0 Å². The number of aliphatic hydroxyl groups is 1. The topological polar surface area (TPSA) is 79.3 Å². The molecule has 1 aliphatic heterocycles. The lowest BCUT2D eigenvalue weighted by Gasteiger charge is -2.40. The van der Waals surface area contributed by atoms with Crippen molar-refractivity contribution < 1.29 is 23.0 Å². The van der Waals surface area contributed by atoms with Gasteiger partial charge >= 0.3 is 0 Å². The zero-order chi connectivity index (χ0) is 30.8. The van der Waals surface area contributed by atoms with Crippen molar-refractivity contribution in [2.45, 2.75) is 83.1 Å². The molecule has 0 unspecified atom stereocenters. The summed E-state index contributed by atoms with van der Waals surface area (Å²) < 4.78 is 39.7. The molecular formula is C34H54N2O5S. The van der Waals surface area contributed by atoms with Gasteiger partial charge in [-0.25, -0.2) is 8.42 Å². The molecule has 1 aliphatic rings. The number of aliphatic hydroxyl groups excluding tert-OH is 1. The van der Waals surface area contributed by atoms with Crippen LogP contribution in [0, 0.1) is 5.41 Å². The van der Waals surface area contributed by atoms with E-state index in [1.165, 1.54) is 0 Å². The fourth-order valence-electron chi connectivity index (χ4n) is 6.22. The van der Waals surface area contributed by atoms with Crippen LogP contribution in [0.3, 0.4) is 0 Å². The highest BCUT2D eigenvalue weighted by Gasteiger charge is 2.49. The molecule has 0 amide bonds. The second-order valence-corrected chi connectivity index (χ2v) is 13.9. The van der Waals surface area contributed by atoms with Gasteiger partial charge in [0.2, 0.25) is 0 Å². The van der Waals surface area contributed by atoms with Crippen LogP contribution in [0.15, 0.2) is 47.4 Å². The second-order valence-electron chi connectivity index (χ2n) is 11.9. The molecule has 7 nitrogen and oxygen atoms in total. The fourth-order valence-corrected chi connectivity index (χ4v) is 8.41. The Hall–Kier alpha value is -2.13. The Labute approximate surface area is 255 Å². The maximum absolute atomic E-state index is 14.0. The molecule has 0 saturated heterocycles. The Morgan fingerprint density at radius 3 is 2.12 bits per heavy atom. The molecule has 3 rings (SSSR count). The van der Waals surface area contributed by atoms with Crippen LogP contribution in [0.2, 0.25) is 0 Å². The average molecular weight is 603 g/mol. The van der Waals surface area contributed by atoms with Gasteiger partial charge in [0.05, 0.1) is 30.0 Å². The van der Waals surface area contributed by atoms with E-state index in [0.29, 0.717) is 43.1 Å². The van der Waals surface area contributed by atoms with Crippen molar-refractivity contribution in [3.05, 3.63) is 53.6 Å². The number of ether oxygens (including phenoxy) is 2. The molecule has 236 valence electrons. The standard InChI is InChI=1S/C34H54N2O5S/c1-7-11-19-34(20-12-8-2)26-42(38,39)31-18-15-28(35(5)6)25-30(31)32(33(34)37)27-13-16-29(17-14-27)41-24-23-40-22-21-36(9-3)10-4/h13-18,25,32-33,37H,7-12,19-24,26H2,1-6H3/t32-,33-/m1/s1. The van der Waals surface area contributed by atoms with E-state index in [9.17, 15) is 13.5 Å². The molecule has 1 heterocycles. The van der Waals surface area contributed by atoms with Crippen molar-refractivity contribution in [3.63, 3.8) is 0 Å². The zero-order valence-electron chi connectivity index (χ0n) is 26.8. The highest BCUT2D eigenvalue weighted by atomic mass is 32.2. The van der Waals surface area contributed by atoms with Crippen LogP contribution in [0.25, 0.3) is 0 Å². The number of hydrogen-bond donors (Lipinski definition) is 1. The summed E-state index contributed by atoms with van der Waals surface area (Å²) in [5, 5.41) is 12.3. The predicted octanol–water partition coefficient (Wildman–Crippen LogP) is 6.14. The number of hydrogen-bond acceptors (Lipinski definition) is 7. The Bertz CT molecular complexity index is 1190. The Morgan fingerprint density at radius 1 is 0.905 bits per heavy atom. The minimum atomic E-state index is -3.62. The number of benzene rings is 2. The van der Waals surface area contributed by atoms with Gasteiger partial charge in [0.25, 0.3) is 0 Å². The van der Waals surface area contributed by atoms with E-state index in [-0.39, 0.29) is 5.75 Å². The lowest BCUT2D eigenvalue weighted by molar-refractivity contribution is 0.0127. The summed E-state index contributed by atoms with van der Waals surface area (Å²) >= 11 is 0. The van der Waals surface area contributed by atoms with Crippen LogP contribution < -0.4 is 9.64 Å². The summed E-state index contributed by atoms with van der Waals surface area (Å²) in [4.78, 5) is 4.64. The van der Waals surface area contributed by atoms with Gasteiger partial charge in [-0.2, -0.15) is 0 Å². The van der Waals surface area contributed by atoms with E-state index in [1.54, 1.807) is 6.07 Å². The van der Waals surface area contributed by atoms with Gasteiger partial charge in [0.15, 0.2) is 9.84 Å². The predicted molar refractivity (Wildman–Crippen MR) is 173 cm³/mol. The molecular weight excluding hydrogens is 548 g/mol. The quantitative estimate of drug-likeness (QED) is 0.218. The van der Waals surface area contributed by atoms with Crippen molar-refractivity contribution in [1.29, 1.82) is 0 Å². The highest BCUT2D eigenvalue weighted by Crippen LogP contribution is 2.50. The van der Waals surface area contributed by atoms with Gasteiger partial charge in [-0.3, -0.25) is 0 Å². The average Bonchev–Trinajstić information content (AvgIpc) is 3.05. The minimum Gasteiger partial charge on any atom is -0.491 e. The highest BCUT2D eigenvalue weighted by molar-refractivity contribution is 7.91. The molecule has 8 heteroatoms. The van der Waals surface area contributed by atoms with Crippen LogP contribution in [0.4, 0.5) is 5.69 Å². The van der Waals surface area contributed by atoms with E-state index in [1.807, 2.05) is 55.4 Å². The van der Waals surface area contributed by atoms with Crippen molar-refractivity contribution in [3.8, 4) is 5.75 Å². The SMILES string of the molecule is CCCCC1(CCCC)CS(=O)(=O)c2ccc(N(C)C)cc2[C@@H](c2ccc(OCCOCCN(CC)CC)cc2)[C@H]1O. The molecule has 0 bridgehead atoms. The normalized spacial score (nSPS) is 19.3. The van der Waals surface area contributed by atoms with Crippen LogP contribution in [-0.4, -0.2) is 83.8 Å². The Kier molecular flexibility index (Phi) is 13.2. The van der Waals surface area contributed by atoms with Crippen molar-refractivity contribution in [1.82, 2.24) is 4.90 Å². The number of rotatable bonds is 17. The first-order chi connectivity index (χ1) is 20.1. The third-order valence-electron chi connectivity index (χ3n) is 8.84. The second kappa shape index (κ2) is 16.1. The summed E-state index contributed by atoms with van der Waals surface area (Å²) in [6.45, 7) is 13.1. The van der Waals surface area contributed by atoms with Crippen LogP contribution in [0.1, 0.15) is 83.3 Å². The summed E-state index contributed by atoms with van der Waals surface area (Å²) in [5.41, 5.74) is 1.78. The number of likely N-dealkylation sites (N-methyl/N-ethyl adjacent to an activating group) is 1. The molecule has 0 aromatic heterocycles. The molecule has 2 aromatic rings.